The van der Waals surface area contributed by atoms with Gasteiger partial charge in [0.25, 0.3) is 5.91 Å². The van der Waals surface area contributed by atoms with Gasteiger partial charge in [-0.2, -0.15) is 31.4 Å². The number of nitrogens with zero attached hydrogens (tertiary/aromatic N) is 4. The van der Waals surface area contributed by atoms with Gasteiger partial charge in [0.05, 0.1) is 29.4 Å². The van der Waals surface area contributed by atoms with E-state index in [1.165, 1.54) is 10.5 Å². The molecule has 0 saturated heterocycles. The SMILES string of the molecule is CCn1nc(C)c(NC(=O)c2c(C)nc3c(OCCC(C(F)(F)F)C(F)(F)F)cc(C)cn23)c1C. The first-order chi connectivity index (χ1) is 16.1. The van der Waals surface area contributed by atoms with Crippen LogP contribution in [0, 0.1) is 33.6 Å². The van der Waals surface area contributed by atoms with Crippen molar-refractivity contribution in [1.29, 1.82) is 0 Å². The average molecular weight is 505 g/mol. The number of aryl methyl sites for hydroxylation is 4. The fourth-order valence-electron chi connectivity index (χ4n) is 3.90. The fraction of sp³-hybridized carbons (Fsp3) is 0.500. The molecule has 35 heavy (non-hydrogen) atoms. The number of rotatable bonds is 7. The maximum Gasteiger partial charge on any atom is 0.400 e. The molecule has 3 rings (SSSR count). The van der Waals surface area contributed by atoms with Crippen LogP contribution in [0.5, 0.6) is 5.75 Å². The lowest BCUT2D eigenvalue weighted by Crippen LogP contribution is -2.37. The normalized spacial score (nSPS) is 12.6. The van der Waals surface area contributed by atoms with E-state index in [0.29, 0.717) is 29.2 Å². The molecule has 0 saturated carbocycles. The first kappa shape index (κ1) is 26.4. The fourth-order valence-corrected chi connectivity index (χ4v) is 3.90. The molecule has 0 unspecified atom stereocenters. The molecule has 0 aliphatic carbocycles. The number of hydrogen-bond donors (Lipinski definition) is 1. The number of carbonyl (C=O) groups is 1. The smallest absolute Gasteiger partial charge is 0.400 e. The monoisotopic (exact) mass is 505 g/mol. The number of ether oxygens (including phenoxy) is 1. The summed E-state index contributed by atoms with van der Waals surface area (Å²) in [6.45, 7) is 8.46. The lowest BCUT2D eigenvalue weighted by atomic mass is 10.1. The molecule has 0 aromatic carbocycles. The van der Waals surface area contributed by atoms with Gasteiger partial charge in [-0.05, 0) is 46.2 Å². The first-order valence-electron chi connectivity index (χ1n) is 10.8. The summed E-state index contributed by atoms with van der Waals surface area (Å²) in [7, 11) is 0. The molecular weight excluding hydrogens is 480 g/mol. The van der Waals surface area contributed by atoms with Crippen molar-refractivity contribution < 1.29 is 35.9 Å². The molecule has 192 valence electrons. The lowest BCUT2D eigenvalue weighted by molar-refractivity contribution is -0.286. The van der Waals surface area contributed by atoms with Gasteiger partial charge in [-0.25, -0.2) is 4.98 Å². The number of amides is 1. The summed E-state index contributed by atoms with van der Waals surface area (Å²) in [6, 6.07) is 1.44. The molecule has 0 fully saturated rings. The number of alkyl halides is 6. The third-order valence-corrected chi connectivity index (χ3v) is 5.59. The minimum atomic E-state index is -5.44. The van der Waals surface area contributed by atoms with Crippen molar-refractivity contribution >= 4 is 17.2 Å². The predicted molar refractivity (Wildman–Crippen MR) is 116 cm³/mol. The highest BCUT2D eigenvalue weighted by atomic mass is 19.4. The van der Waals surface area contributed by atoms with Crippen LogP contribution in [-0.4, -0.2) is 44.0 Å². The zero-order chi connectivity index (χ0) is 26.3. The number of fused-ring (bicyclic) bond motifs is 1. The first-order valence-corrected chi connectivity index (χ1v) is 10.8. The number of hydrogen-bond acceptors (Lipinski definition) is 4. The molecule has 1 amide bonds. The van der Waals surface area contributed by atoms with Gasteiger partial charge < -0.3 is 10.1 Å². The zero-order valence-electron chi connectivity index (χ0n) is 19.7. The summed E-state index contributed by atoms with van der Waals surface area (Å²) in [6.07, 6.45) is -10.6. The molecule has 0 spiro atoms. The Morgan fingerprint density at radius 2 is 1.71 bits per heavy atom. The molecule has 3 aromatic heterocycles. The third kappa shape index (κ3) is 5.38. The topological polar surface area (TPSA) is 73.5 Å². The van der Waals surface area contributed by atoms with Crippen LogP contribution in [0.1, 0.15) is 46.5 Å². The highest BCUT2D eigenvalue weighted by Gasteiger charge is 2.56. The Bertz CT molecular complexity index is 1230. The summed E-state index contributed by atoms with van der Waals surface area (Å²) in [5.41, 5.74) is 3.04. The summed E-state index contributed by atoms with van der Waals surface area (Å²) in [5, 5.41) is 7.18. The largest absolute Gasteiger partial charge is 0.490 e. The third-order valence-electron chi connectivity index (χ3n) is 5.59. The Labute approximate surface area is 197 Å². The number of pyridine rings is 1. The predicted octanol–water partition coefficient (Wildman–Crippen LogP) is 5.55. The number of nitrogens with one attached hydrogen (secondary N) is 1. The van der Waals surface area contributed by atoms with E-state index in [4.69, 9.17) is 4.74 Å². The molecule has 13 heteroatoms. The van der Waals surface area contributed by atoms with Crippen molar-refractivity contribution in [3.8, 4) is 5.75 Å². The summed E-state index contributed by atoms with van der Waals surface area (Å²) in [4.78, 5) is 17.4. The Hall–Kier alpha value is -3.25. The quantitative estimate of drug-likeness (QED) is 0.428. The van der Waals surface area contributed by atoms with Crippen LogP contribution in [-0.2, 0) is 6.54 Å². The van der Waals surface area contributed by atoms with Crippen LogP contribution in [0.25, 0.3) is 5.65 Å². The zero-order valence-corrected chi connectivity index (χ0v) is 19.7. The molecular formula is C22H25F6N5O2. The second-order valence-corrected chi connectivity index (χ2v) is 8.21. The van der Waals surface area contributed by atoms with Crippen LogP contribution < -0.4 is 10.1 Å². The Morgan fingerprint density at radius 3 is 2.26 bits per heavy atom. The van der Waals surface area contributed by atoms with Gasteiger partial charge in [0.1, 0.15) is 5.69 Å². The average Bonchev–Trinajstić information content (AvgIpc) is 3.19. The van der Waals surface area contributed by atoms with Gasteiger partial charge in [0, 0.05) is 19.2 Å². The Kier molecular flexibility index (Phi) is 7.09. The second-order valence-electron chi connectivity index (χ2n) is 8.21. The van der Waals surface area contributed by atoms with E-state index in [0.717, 1.165) is 5.69 Å². The van der Waals surface area contributed by atoms with E-state index in [2.05, 4.69) is 15.4 Å². The molecule has 0 aliphatic heterocycles. The van der Waals surface area contributed by atoms with E-state index < -0.39 is 37.2 Å². The molecule has 0 atom stereocenters. The minimum absolute atomic E-state index is 0.0265. The van der Waals surface area contributed by atoms with E-state index >= 15 is 0 Å². The van der Waals surface area contributed by atoms with Crippen LogP contribution in [0.15, 0.2) is 12.3 Å². The van der Waals surface area contributed by atoms with Crippen LogP contribution in [0.3, 0.4) is 0 Å². The highest BCUT2D eigenvalue weighted by molar-refractivity contribution is 6.05. The van der Waals surface area contributed by atoms with Crippen molar-refractivity contribution in [2.45, 2.75) is 59.9 Å². The number of imidazole rings is 1. The van der Waals surface area contributed by atoms with Crippen molar-refractivity contribution in [3.63, 3.8) is 0 Å². The highest BCUT2D eigenvalue weighted by Crippen LogP contribution is 2.41. The number of carbonyl (C=O) groups excluding carboxylic acids is 1. The van der Waals surface area contributed by atoms with Gasteiger partial charge in [-0.3, -0.25) is 13.9 Å². The van der Waals surface area contributed by atoms with Gasteiger partial charge in [-0.1, -0.05) is 0 Å². The van der Waals surface area contributed by atoms with E-state index in [9.17, 15) is 31.1 Å². The number of anilines is 1. The van der Waals surface area contributed by atoms with Gasteiger partial charge >= 0.3 is 12.4 Å². The summed E-state index contributed by atoms with van der Waals surface area (Å²) in [5.74, 6) is -4.03. The molecule has 0 aliphatic rings. The van der Waals surface area contributed by atoms with E-state index in [1.54, 1.807) is 31.6 Å². The minimum Gasteiger partial charge on any atom is -0.490 e. The maximum atomic E-state index is 13.2. The van der Waals surface area contributed by atoms with E-state index in [-0.39, 0.29) is 17.1 Å². The molecule has 0 radical (unpaired) electrons. The standard InChI is InChI=1S/C22H25F6N5O2/c1-6-33-14(5)17(12(3)31-33)30-20(34)18-13(4)29-19-15(9-11(2)10-32(18)19)35-8-7-16(21(23,24)25)22(26,27)28/h9-10,16H,6-8H2,1-5H3,(H,30,34). The summed E-state index contributed by atoms with van der Waals surface area (Å²) < 4.78 is 85.4. The summed E-state index contributed by atoms with van der Waals surface area (Å²) >= 11 is 0. The maximum absolute atomic E-state index is 13.2. The van der Waals surface area contributed by atoms with E-state index in [1.807, 2.05) is 13.8 Å². The van der Waals surface area contributed by atoms with Crippen LogP contribution in [0.4, 0.5) is 32.0 Å². The van der Waals surface area contributed by atoms with Gasteiger partial charge in [0.2, 0.25) is 0 Å². The van der Waals surface area contributed by atoms with Crippen molar-refractivity contribution in [1.82, 2.24) is 19.2 Å². The Balaban J connectivity index is 1.90. The number of halogens is 6. The molecule has 1 N–H and O–H groups in total. The Morgan fingerprint density at radius 1 is 1.09 bits per heavy atom. The molecule has 7 nitrogen and oxygen atoms in total. The molecule has 3 aromatic rings. The van der Waals surface area contributed by atoms with Gasteiger partial charge in [0.15, 0.2) is 17.3 Å². The van der Waals surface area contributed by atoms with Gasteiger partial charge in [-0.15, -0.1) is 0 Å². The number of aromatic nitrogens is 4. The van der Waals surface area contributed by atoms with Crippen molar-refractivity contribution in [3.05, 3.63) is 40.6 Å². The van der Waals surface area contributed by atoms with Crippen LogP contribution >= 0.6 is 0 Å². The van der Waals surface area contributed by atoms with Crippen molar-refractivity contribution in [2.75, 3.05) is 11.9 Å². The molecule has 0 bridgehead atoms. The second kappa shape index (κ2) is 9.42. The lowest BCUT2D eigenvalue weighted by Gasteiger charge is -2.22. The molecule has 3 heterocycles. The van der Waals surface area contributed by atoms with Crippen LogP contribution in [0.2, 0.25) is 0 Å². The van der Waals surface area contributed by atoms with Crippen molar-refractivity contribution in [2.24, 2.45) is 5.92 Å².